The molecule has 2 aliphatic rings. The van der Waals surface area contributed by atoms with Gasteiger partial charge in [-0.3, -0.25) is 4.79 Å². The third-order valence-electron chi connectivity index (χ3n) is 4.39. The summed E-state index contributed by atoms with van der Waals surface area (Å²) in [6.45, 7) is 12.8. The molecule has 1 amide bonds. The highest BCUT2D eigenvalue weighted by Crippen LogP contribution is 2.29. The second kappa shape index (κ2) is 5.06. The zero-order valence-corrected chi connectivity index (χ0v) is 13.0. The monoisotopic (exact) mass is 267 g/mol. The standard InChI is InChI=1S/C15H29N3O/c1-10-8-16-9-12(10)13(19)17-11-6-14(2,3)18-15(4,5)7-11/h10-12,16,18H,6-9H2,1-5H3,(H,17,19). The first-order chi connectivity index (χ1) is 8.69. The molecule has 0 aromatic carbocycles. The minimum atomic E-state index is 0.0826. The molecule has 4 nitrogen and oxygen atoms in total. The molecule has 2 fully saturated rings. The highest BCUT2D eigenvalue weighted by atomic mass is 16.2. The van der Waals surface area contributed by atoms with Crippen LogP contribution in [0.15, 0.2) is 0 Å². The normalized spacial score (nSPS) is 34.2. The molecule has 2 rings (SSSR count). The number of piperidine rings is 1. The Balaban J connectivity index is 1.96. The summed E-state index contributed by atoms with van der Waals surface area (Å²) in [7, 11) is 0. The number of carbonyl (C=O) groups is 1. The van der Waals surface area contributed by atoms with Gasteiger partial charge in [-0.05, 0) is 53.0 Å². The topological polar surface area (TPSA) is 53.2 Å². The Hall–Kier alpha value is -0.610. The quantitative estimate of drug-likeness (QED) is 0.706. The molecule has 2 atom stereocenters. The first-order valence-corrected chi connectivity index (χ1v) is 7.49. The molecule has 0 aromatic rings. The molecule has 3 N–H and O–H groups in total. The van der Waals surface area contributed by atoms with E-state index >= 15 is 0 Å². The molecule has 0 bridgehead atoms. The lowest BCUT2D eigenvalue weighted by Crippen LogP contribution is -2.62. The van der Waals surface area contributed by atoms with Gasteiger partial charge in [-0.2, -0.15) is 0 Å². The second-order valence-corrected chi connectivity index (χ2v) is 7.75. The summed E-state index contributed by atoms with van der Waals surface area (Å²) in [6.07, 6.45) is 1.99. The van der Waals surface area contributed by atoms with Crippen LogP contribution in [0, 0.1) is 11.8 Å². The number of amides is 1. The van der Waals surface area contributed by atoms with Gasteiger partial charge in [0.2, 0.25) is 5.91 Å². The van der Waals surface area contributed by atoms with E-state index in [1.54, 1.807) is 0 Å². The number of nitrogens with one attached hydrogen (secondary N) is 3. The molecular weight excluding hydrogens is 238 g/mol. The summed E-state index contributed by atoms with van der Waals surface area (Å²) >= 11 is 0. The maximum absolute atomic E-state index is 12.4. The van der Waals surface area contributed by atoms with Gasteiger partial charge in [0.05, 0.1) is 5.92 Å². The van der Waals surface area contributed by atoms with Crippen molar-refractivity contribution >= 4 is 5.91 Å². The van der Waals surface area contributed by atoms with E-state index in [0.29, 0.717) is 5.92 Å². The Bertz CT molecular complexity index is 335. The van der Waals surface area contributed by atoms with Crippen LogP contribution in [0.4, 0.5) is 0 Å². The summed E-state index contributed by atoms with van der Waals surface area (Å²) in [5.74, 6) is 0.819. The average molecular weight is 267 g/mol. The van der Waals surface area contributed by atoms with Crippen LogP contribution in [-0.2, 0) is 4.79 Å². The Kier molecular flexibility index (Phi) is 3.94. The van der Waals surface area contributed by atoms with E-state index in [1.807, 2.05) is 0 Å². The highest BCUT2D eigenvalue weighted by Gasteiger charge is 2.39. The van der Waals surface area contributed by atoms with Gasteiger partial charge in [0.15, 0.2) is 0 Å². The van der Waals surface area contributed by atoms with Crippen molar-refractivity contribution in [1.29, 1.82) is 0 Å². The predicted octanol–water partition coefficient (Wildman–Crippen LogP) is 1.27. The molecule has 2 saturated heterocycles. The summed E-state index contributed by atoms with van der Waals surface area (Å²) in [5.41, 5.74) is 0.165. The number of hydrogen-bond donors (Lipinski definition) is 3. The second-order valence-electron chi connectivity index (χ2n) is 7.75. The molecule has 0 aliphatic carbocycles. The Morgan fingerprint density at radius 3 is 2.16 bits per heavy atom. The minimum absolute atomic E-state index is 0.0826. The third-order valence-corrected chi connectivity index (χ3v) is 4.39. The van der Waals surface area contributed by atoms with E-state index in [9.17, 15) is 4.79 Å². The summed E-state index contributed by atoms with van der Waals surface area (Å²) < 4.78 is 0. The van der Waals surface area contributed by atoms with Gasteiger partial charge >= 0.3 is 0 Å². The lowest BCUT2D eigenvalue weighted by Gasteiger charge is -2.46. The van der Waals surface area contributed by atoms with Crippen molar-refractivity contribution in [2.75, 3.05) is 13.1 Å². The van der Waals surface area contributed by atoms with Gasteiger partial charge < -0.3 is 16.0 Å². The van der Waals surface area contributed by atoms with E-state index < -0.39 is 0 Å². The van der Waals surface area contributed by atoms with Crippen LogP contribution in [-0.4, -0.2) is 36.1 Å². The van der Waals surface area contributed by atoms with Crippen LogP contribution in [0.2, 0.25) is 0 Å². The van der Waals surface area contributed by atoms with Gasteiger partial charge in [0.1, 0.15) is 0 Å². The smallest absolute Gasteiger partial charge is 0.224 e. The molecular formula is C15H29N3O. The average Bonchev–Trinajstić information content (AvgIpc) is 2.58. The lowest BCUT2D eigenvalue weighted by atomic mass is 9.79. The van der Waals surface area contributed by atoms with Crippen LogP contribution in [0.25, 0.3) is 0 Å². The molecule has 110 valence electrons. The fourth-order valence-electron chi connectivity index (χ4n) is 3.89. The zero-order valence-electron chi connectivity index (χ0n) is 13.0. The molecule has 2 heterocycles. The summed E-state index contributed by atoms with van der Waals surface area (Å²) in [4.78, 5) is 12.4. The number of hydrogen-bond acceptors (Lipinski definition) is 3. The van der Waals surface area contributed by atoms with E-state index in [1.165, 1.54) is 0 Å². The van der Waals surface area contributed by atoms with Crippen molar-refractivity contribution in [2.24, 2.45) is 11.8 Å². The van der Waals surface area contributed by atoms with Gasteiger partial charge in [0.25, 0.3) is 0 Å². The van der Waals surface area contributed by atoms with Crippen molar-refractivity contribution in [1.82, 2.24) is 16.0 Å². The first kappa shape index (κ1) is 14.8. The van der Waals surface area contributed by atoms with E-state index in [-0.39, 0.29) is 28.9 Å². The zero-order chi connectivity index (χ0) is 14.3. The van der Waals surface area contributed by atoms with Crippen molar-refractivity contribution in [2.45, 2.75) is 64.6 Å². The number of rotatable bonds is 2. The first-order valence-electron chi connectivity index (χ1n) is 7.49. The van der Waals surface area contributed by atoms with Crippen LogP contribution in [0.5, 0.6) is 0 Å². The summed E-state index contributed by atoms with van der Waals surface area (Å²) in [6, 6.07) is 0.284. The molecule has 2 aliphatic heterocycles. The van der Waals surface area contributed by atoms with Crippen molar-refractivity contribution in [3.63, 3.8) is 0 Å². The van der Waals surface area contributed by atoms with Gasteiger partial charge in [-0.1, -0.05) is 6.92 Å². The molecule has 4 heteroatoms. The highest BCUT2D eigenvalue weighted by molar-refractivity contribution is 5.79. The van der Waals surface area contributed by atoms with Gasteiger partial charge in [-0.15, -0.1) is 0 Å². The molecule has 0 spiro atoms. The molecule has 19 heavy (non-hydrogen) atoms. The van der Waals surface area contributed by atoms with Gasteiger partial charge in [0, 0.05) is 23.7 Å². The molecule has 0 radical (unpaired) electrons. The van der Waals surface area contributed by atoms with Crippen LogP contribution < -0.4 is 16.0 Å². The van der Waals surface area contributed by atoms with Crippen molar-refractivity contribution in [3.05, 3.63) is 0 Å². The van der Waals surface area contributed by atoms with Crippen LogP contribution in [0.3, 0.4) is 0 Å². The van der Waals surface area contributed by atoms with E-state index in [2.05, 4.69) is 50.6 Å². The van der Waals surface area contributed by atoms with Crippen LogP contribution >= 0.6 is 0 Å². The van der Waals surface area contributed by atoms with Crippen LogP contribution in [0.1, 0.15) is 47.5 Å². The minimum Gasteiger partial charge on any atom is -0.353 e. The number of carbonyl (C=O) groups excluding carboxylic acids is 1. The SMILES string of the molecule is CC1CNCC1C(=O)NC1CC(C)(C)NC(C)(C)C1. The maximum atomic E-state index is 12.4. The lowest BCUT2D eigenvalue weighted by molar-refractivity contribution is -0.126. The largest absolute Gasteiger partial charge is 0.353 e. The summed E-state index contributed by atoms with van der Waals surface area (Å²) in [5, 5.41) is 10.2. The third kappa shape index (κ3) is 3.69. The Morgan fingerprint density at radius 1 is 1.11 bits per heavy atom. The predicted molar refractivity (Wildman–Crippen MR) is 78.0 cm³/mol. The Morgan fingerprint density at radius 2 is 1.68 bits per heavy atom. The molecule has 0 saturated carbocycles. The van der Waals surface area contributed by atoms with Gasteiger partial charge in [-0.25, -0.2) is 0 Å². The van der Waals surface area contributed by atoms with E-state index in [4.69, 9.17) is 0 Å². The fourth-order valence-corrected chi connectivity index (χ4v) is 3.89. The van der Waals surface area contributed by atoms with E-state index in [0.717, 1.165) is 25.9 Å². The maximum Gasteiger partial charge on any atom is 0.224 e. The van der Waals surface area contributed by atoms with Crippen molar-refractivity contribution < 1.29 is 4.79 Å². The van der Waals surface area contributed by atoms with Crippen molar-refractivity contribution in [3.8, 4) is 0 Å². The fraction of sp³-hybridized carbons (Fsp3) is 0.933. The molecule has 0 aromatic heterocycles. The molecule has 2 unspecified atom stereocenters. The Labute approximate surface area is 117 Å².